The molecule has 0 atom stereocenters. The van der Waals surface area contributed by atoms with Crippen molar-refractivity contribution in [2.45, 2.75) is 13.3 Å². The van der Waals surface area contributed by atoms with E-state index in [0.717, 1.165) is 17.7 Å². The lowest BCUT2D eigenvalue weighted by molar-refractivity contribution is 1.26. The molecule has 1 aliphatic carbocycles. The van der Waals surface area contributed by atoms with Crippen molar-refractivity contribution in [2.24, 2.45) is 0 Å². The quantitative estimate of drug-likeness (QED) is 0.242. The fourth-order valence-corrected chi connectivity index (χ4v) is 6.14. The molecule has 5 aromatic carbocycles. The molecule has 7 rings (SSSR count). The van der Waals surface area contributed by atoms with E-state index in [1.807, 2.05) is 12.3 Å². The van der Waals surface area contributed by atoms with Crippen LogP contribution in [-0.4, -0.2) is 4.98 Å². The Kier molecular flexibility index (Phi) is 5.48. The van der Waals surface area contributed by atoms with E-state index in [4.69, 9.17) is 0 Å². The summed E-state index contributed by atoms with van der Waals surface area (Å²) in [5.74, 6) is 0. The minimum absolute atomic E-state index is 0.935. The van der Waals surface area contributed by atoms with Crippen LogP contribution in [0.5, 0.6) is 0 Å². The van der Waals surface area contributed by atoms with E-state index in [0.29, 0.717) is 0 Å². The molecule has 6 aromatic rings. The zero-order valence-electron chi connectivity index (χ0n) is 21.4. The van der Waals surface area contributed by atoms with Gasteiger partial charge >= 0.3 is 0 Å². The second-order valence-corrected chi connectivity index (χ2v) is 9.97. The Hall–Kier alpha value is -4.75. The van der Waals surface area contributed by atoms with Crippen molar-refractivity contribution in [3.05, 3.63) is 150 Å². The molecule has 1 aliphatic rings. The number of fused-ring (bicyclic) bond motifs is 3. The average molecular weight is 486 g/mol. The normalized spacial score (nSPS) is 11.7. The van der Waals surface area contributed by atoms with Gasteiger partial charge in [0.05, 0.1) is 5.69 Å². The lowest BCUT2D eigenvalue weighted by atomic mass is 9.79. The Balaban J connectivity index is 1.62. The number of rotatable bonds is 4. The van der Waals surface area contributed by atoms with Crippen LogP contribution in [0.25, 0.3) is 55.8 Å². The lowest BCUT2D eigenvalue weighted by Crippen LogP contribution is -2.00. The molecule has 0 saturated heterocycles. The molecule has 0 radical (unpaired) electrons. The third-order valence-electron chi connectivity index (χ3n) is 7.74. The van der Waals surface area contributed by atoms with Crippen LogP contribution in [0, 0.1) is 6.92 Å². The van der Waals surface area contributed by atoms with Gasteiger partial charge in [-0.15, -0.1) is 0 Å². The van der Waals surface area contributed by atoms with Crippen LogP contribution in [0.2, 0.25) is 0 Å². The van der Waals surface area contributed by atoms with Gasteiger partial charge in [0, 0.05) is 11.8 Å². The minimum Gasteiger partial charge on any atom is -0.256 e. The summed E-state index contributed by atoms with van der Waals surface area (Å²) in [6, 6.07) is 45.7. The zero-order valence-corrected chi connectivity index (χ0v) is 21.4. The van der Waals surface area contributed by atoms with Crippen LogP contribution in [0.15, 0.2) is 134 Å². The molecular formula is C37H27N. The zero-order chi connectivity index (χ0) is 25.5. The third kappa shape index (κ3) is 3.67. The molecule has 0 spiro atoms. The van der Waals surface area contributed by atoms with Crippen molar-refractivity contribution < 1.29 is 0 Å². The van der Waals surface area contributed by atoms with Gasteiger partial charge in [0.1, 0.15) is 0 Å². The highest BCUT2D eigenvalue weighted by Gasteiger charge is 2.30. The first-order valence-corrected chi connectivity index (χ1v) is 13.2. The first-order chi connectivity index (χ1) is 18.8. The van der Waals surface area contributed by atoms with E-state index in [1.165, 1.54) is 61.2 Å². The molecule has 0 unspecified atom stereocenters. The predicted octanol–water partition coefficient (Wildman–Crippen LogP) is 9.63. The molecule has 0 amide bonds. The second-order valence-electron chi connectivity index (χ2n) is 9.97. The Morgan fingerprint density at radius 2 is 1.13 bits per heavy atom. The maximum Gasteiger partial charge on any atom is 0.0702 e. The van der Waals surface area contributed by atoms with Gasteiger partial charge < -0.3 is 0 Å². The number of aromatic nitrogens is 1. The molecule has 0 N–H and O–H groups in total. The number of pyridine rings is 1. The standard InChI is InChI=1S/C37H27N/c1-25-34(26-13-4-2-5-14-26)37(27-15-6-3-7-16-27)36(32-24-28-17-8-9-20-31(28)35(25)32)30-19-12-18-29(23-30)33-21-10-11-22-38-33/h2-23H,24H2,1H3. The van der Waals surface area contributed by atoms with Crippen LogP contribution < -0.4 is 0 Å². The summed E-state index contributed by atoms with van der Waals surface area (Å²) in [6.45, 7) is 2.31. The highest BCUT2D eigenvalue weighted by atomic mass is 14.7. The van der Waals surface area contributed by atoms with Crippen molar-refractivity contribution in [1.82, 2.24) is 4.98 Å². The van der Waals surface area contributed by atoms with Crippen molar-refractivity contribution in [1.29, 1.82) is 0 Å². The van der Waals surface area contributed by atoms with E-state index in [1.54, 1.807) is 0 Å². The van der Waals surface area contributed by atoms with Gasteiger partial charge in [0.15, 0.2) is 0 Å². The Bertz CT molecular complexity index is 1770. The summed E-state index contributed by atoms with van der Waals surface area (Å²) in [4.78, 5) is 4.65. The average Bonchev–Trinajstić information content (AvgIpc) is 3.38. The van der Waals surface area contributed by atoms with Crippen LogP contribution in [-0.2, 0) is 6.42 Å². The van der Waals surface area contributed by atoms with Gasteiger partial charge in [-0.3, -0.25) is 4.98 Å². The maximum atomic E-state index is 4.65. The first kappa shape index (κ1) is 22.4. The third-order valence-corrected chi connectivity index (χ3v) is 7.74. The molecule has 1 nitrogen and oxygen atoms in total. The van der Waals surface area contributed by atoms with Gasteiger partial charge in [0.2, 0.25) is 0 Å². The molecule has 1 heterocycles. The summed E-state index contributed by atoms with van der Waals surface area (Å²) in [5, 5.41) is 0. The molecule has 0 fully saturated rings. The summed E-state index contributed by atoms with van der Waals surface area (Å²) in [7, 11) is 0. The molecule has 1 aromatic heterocycles. The van der Waals surface area contributed by atoms with Crippen LogP contribution in [0.4, 0.5) is 0 Å². The molecule has 0 bridgehead atoms. The van der Waals surface area contributed by atoms with Crippen molar-refractivity contribution >= 4 is 0 Å². The van der Waals surface area contributed by atoms with Gasteiger partial charge in [-0.25, -0.2) is 0 Å². The van der Waals surface area contributed by atoms with E-state index in [-0.39, 0.29) is 0 Å². The fraction of sp³-hybridized carbons (Fsp3) is 0.0541. The smallest absolute Gasteiger partial charge is 0.0702 e. The van der Waals surface area contributed by atoms with E-state index < -0.39 is 0 Å². The van der Waals surface area contributed by atoms with Crippen LogP contribution in [0.3, 0.4) is 0 Å². The molecule has 0 aliphatic heterocycles. The first-order valence-electron chi connectivity index (χ1n) is 13.2. The van der Waals surface area contributed by atoms with Gasteiger partial charge in [0.25, 0.3) is 0 Å². The minimum atomic E-state index is 0.935. The summed E-state index contributed by atoms with van der Waals surface area (Å²) in [6.07, 6.45) is 2.80. The molecular weight excluding hydrogens is 458 g/mol. The van der Waals surface area contributed by atoms with Crippen molar-refractivity contribution in [2.75, 3.05) is 0 Å². The van der Waals surface area contributed by atoms with E-state index in [2.05, 4.69) is 133 Å². The number of hydrogen-bond donors (Lipinski definition) is 0. The highest BCUT2D eigenvalue weighted by Crippen LogP contribution is 2.52. The monoisotopic (exact) mass is 485 g/mol. The topological polar surface area (TPSA) is 12.9 Å². The molecule has 180 valence electrons. The van der Waals surface area contributed by atoms with E-state index >= 15 is 0 Å². The Morgan fingerprint density at radius 3 is 1.87 bits per heavy atom. The van der Waals surface area contributed by atoms with Crippen molar-refractivity contribution in [3.63, 3.8) is 0 Å². The van der Waals surface area contributed by atoms with Gasteiger partial charge in [-0.2, -0.15) is 0 Å². The second kappa shape index (κ2) is 9.28. The summed E-state index contributed by atoms with van der Waals surface area (Å²) >= 11 is 0. The van der Waals surface area contributed by atoms with Gasteiger partial charge in [-0.1, -0.05) is 109 Å². The highest BCUT2D eigenvalue weighted by molar-refractivity contribution is 6.04. The molecule has 0 saturated carbocycles. The van der Waals surface area contributed by atoms with Gasteiger partial charge in [-0.05, 0) is 92.7 Å². The van der Waals surface area contributed by atoms with Crippen molar-refractivity contribution in [3.8, 4) is 55.8 Å². The summed E-state index contributed by atoms with van der Waals surface area (Å²) in [5.41, 5.74) is 16.7. The molecule has 38 heavy (non-hydrogen) atoms. The number of nitrogens with zero attached hydrogens (tertiary/aromatic N) is 1. The Morgan fingerprint density at radius 1 is 0.500 bits per heavy atom. The fourth-order valence-electron chi connectivity index (χ4n) is 6.14. The molecule has 1 heteroatoms. The number of hydrogen-bond acceptors (Lipinski definition) is 1. The van der Waals surface area contributed by atoms with Crippen LogP contribution >= 0.6 is 0 Å². The Labute approximate surface area is 224 Å². The summed E-state index contributed by atoms with van der Waals surface area (Å²) < 4.78 is 0. The maximum absolute atomic E-state index is 4.65. The number of benzene rings is 5. The van der Waals surface area contributed by atoms with E-state index in [9.17, 15) is 0 Å². The SMILES string of the molecule is Cc1c2c(c(-c3cccc(-c4ccccn4)c3)c(-c3ccccc3)c1-c1ccccc1)Cc1ccccc1-2. The van der Waals surface area contributed by atoms with Crippen LogP contribution in [0.1, 0.15) is 16.7 Å². The predicted molar refractivity (Wildman–Crippen MR) is 159 cm³/mol. The lowest BCUT2D eigenvalue weighted by Gasteiger charge is -2.24. The largest absolute Gasteiger partial charge is 0.256 e.